The van der Waals surface area contributed by atoms with Gasteiger partial charge in [0.15, 0.2) is 61.6 Å². The van der Waals surface area contributed by atoms with Crippen LogP contribution in [0.4, 0.5) is 13.2 Å². The summed E-state index contributed by atoms with van der Waals surface area (Å²) in [6.07, 6.45) is -33.6. The summed E-state index contributed by atoms with van der Waals surface area (Å²) in [6, 6.07) is 0. The lowest BCUT2D eigenvalue weighted by molar-refractivity contribution is -0.380. The molecule has 6 unspecified atom stereocenters. The van der Waals surface area contributed by atoms with Gasteiger partial charge in [0.05, 0.1) is 6.61 Å². The number of halogens is 3. The minimum absolute atomic E-state index is 0.302. The first-order valence-electron chi connectivity index (χ1n) is 22.3. The topological polar surface area (TPSA) is 347 Å². The quantitative estimate of drug-likeness (QED) is 0.0790. The molecule has 0 aromatic rings. The lowest BCUT2D eigenvalue weighted by atomic mass is 9.95. The van der Waals surface area contributed by atoms with Gasteiger partial charge in [0.25, 0.3) is 0 Å². The number of hydrogen-bond donors (Lipinski definition) is 1. The third kappa shape index (κ3) is 19.5. The average Bonchev–Trinajstić information content (AvgIpc) is 3.25. The van der Waals surface area contributed by atoms with Crippen molar-refractivity contribution in [1.82, 2.24) is 5.32 Å². The summed E-state index contributed by atoms with van der Waals surface area (Å²) in [5.74, 6) is -12.4. The summed E-state index contributed by atoms with van der Waals surface area (Å²) in [4.78, 5) is 137. The maximum absolute atomic E-state index is 13.0. The lowest BCUT2D eigenvalue weighted by Gasteiger charge is -2.50. The minimum Gasteiger partial charge on any atom is -0.463 e. The Balaban J connectivity index is 2.25. The van der Waals surface area contributed by atoms with Gasteiger partial charge in [-0.05, 0) is 6.42 Å². The third-order valence-corrected chi connectivity index (χ3v) is 9.97. The highest BCUT2D eigenvalue weighted by Crippen LogP contribution is 2.38. The van der Waals surface area contributed by atoms with Crippen molar-refractivity contribution >= 4 is 65.6 Å². The fourth-order valence-electron chi connectivity index (χ4n) is 7.46. The molecular weight excluding hydrogens is 1020 g/mol. The summed E-state index contributed by atoms with van der Waals surface area (Å²) < 4.78 is 130. The molecule has 0 bridgehead atoms. The van der Waals surface area contributed by atoms with Crippen molar-refractivity contribution in [3.63, 3.8) is 0 Å². The first-order valence-corrected chi connectivity index (χ1v) is 22.3. The molecule has 0 spiro atoms. The van der Waals surface area contributed by atoms with Gasteiger partial charge in [0, 0.05) is 75.8 Å². The Morgan fingerprint density at radius 1 is 0.392 bits per heavy atom. The highest BCUT2D eigenvalue weighted by atomic mass is 19.4. The molecular formula is C43H58F3NO27. The van der Waals surface area contributed by atoms with Crippen LogP contribution in [0.2, 0.25) is 0 Å². The summed E-state index contributed by atoms with van der Waals surface area (Å²) >= 11 is 0. The van der Waals surface area contributed by atoms with Gasteiger partial charge in [-0.1, -0.05) is 0 Å². The molecule has 3 aliphatic rings. The van der Waals surface area contributed by atoms with Crippen molar-refractivity contribution in [3.8, 4) is 0 Å². The fourth-order valence-corrected chi connectivity index (χ4v) is 7.46. The number of esters is 10. The van der Waals surface area contributed by atoms with E-state index in [0.29, 0.717) is 0 Å². The molecule has 0 aromatic heterocycles. The highest BCUT2D eigenvalue weighted by molar-refractivity contribution is 5.81. The van der Waals surface area contributed by atoms with Gasteiger partial charge in [0.1, 0.15) is 50.3 Å². The van der Waals surface area contributed by atoms with Crippen molar-refractivity contribution in [2.24, 2.45) is 0 Å². The number of nitrogens with one attached hydrogen (secondary N) is 1. The van der Waals surface area contributed by atoms with Crippen molar-refractivity contribution in [2.75, 3.05) is 33.0 Å². The van der Waals surface area contributed by atoms with Gasteiger partial charge >= 0.3 is 71.8 Å². The molecule has 0 aliphatic carbocycles. The predicted molar refractivity (Wildman–Crippen MR) is 224 cm³/mol. The van der Waals surface area contributed by atoms with Gasteiger partial charge in [-0.15, -0.1) is 0 Å². The third-order valence-electron chi connectivity index (χ3n) is 9.97. The van der Waals surface area contributed by atoms with E-state index in [2.05, 4.69) is 0 Å². The second-order valence-electron chi connectivity index (χ2n) is 16.2. The highest BCUT2D eigenvalue weighted by Gasteiger charge is 2.60. The van der Waals surface area contributed by atoms with Crippen molar-refractivity contribution in [1.29, 1.82) is 0 Å². The molecule has 1 amide bonds. The monoisotopic (exact) mass is 1080 g/mol. The number of hydrogen-bond acceptors (Lipinski definition) is 27. The molecule has 418 valence electrons. The Bertz CT molecular complexity index is 2040. The molecule has 3 heterocycles. The number of amides is 1. The van der Waals surface area contributed by atoms with E-state index in [1.54, 1.807) is 5.32 Å². The minimum atomic E-state index is -5.20. The van der Waals surface area contributed by atoms with E-state index in [4.69, 9.17) is 75.8 Å². The Morgan fingerprint density at radius 2 is 0.676 bits per heavy atom. The smallest absolute Gasteiger partial charge is 0.463 e. The van der Waals surface area contributed by atoms with E-state index in [1.807, 2.05) is 0 Å². The Labute approximate surface area is 419 Å². The molecule has 0 aromatic carbocycles. The second kappa shape index (κ2) is 28.4. The van der Waals surface area contributed by atoms with Crippen LogP contribution in [0.1, 0.15) is 75.7 Å². The van der Waals surface area contributed by atoms with Crippen LogP contribution in [0, 0.1) is 0 Å². The standard InChI is InChI=1S/C43H58F3NO27/c1-17(48)60-14-27-30(63-20(4)51)33(64-21(5)52)37(68-25(9)56)40(71-27)74-32-29(16-62-19(3)50)72-41(38(69-26(10)57)35(32)66-23(7)54)73-31-28(15-61-18(2)49)70-39(36(67-24(8)55)34(31)65-22(6)53)59-13-11-12-47-42(58)43(44,45)46/h27-41H,11-16H2,1-10H3,(H,47,58)/t27?,28-,29?,30-,31+,32-,33-,34?,35-,36?,37?,38?,39+,40+,41-/m0/s1. The van der Waals surface area contributed by atoms with E-state index in [1.165, 1.54) is 0 Å². The molecule has 74 heavy (non-hydrogen) atoms. The summed E-state index contributed by atoms with van der Waals surface area (Å²) in [5.41, 5.74) is 0. The van der Waals surface area contributed by atoms with Crippen LogP contribution in [0.3, 0.4) is 0 Å². The molecule has 3 saturated heterocycles. The summed E-state index contributed by atoms with van der Waals surface area (Å²) in [6.45, 7) is 5.99. The van der Waals surface area contributed by atoms with Crippen molar-refractivity contribution in [3.05, 3.63) is 0 Å². The van der Waals surface area contributed by atoms with Crippen LogP contribution in [-0.2, 0) is 129 Å². The van der Waals surface area contributed by atoms with E-state index in [9.17, 15) is 65.9 Å². The van der Waals surface area contributed by atoms with Gasteiger partial charge < -0.3 is 81.1 Å². The number of rotatable bonds is 22. The van der Waals surface area contributed by atoms with Crippen LogP contribution in [-0.4, -0.2) is 197 Å². The first-order chi connectivity index (χ1) is 34.5. The summed E-state index contributed by atoms with van der Waals surface area (Å²) in [7, 11) is 0. The molecule has 1 N–H and O–H groups in total. The Morgan fingerprint density at radius 3 is 1.00 bits per heavy atom. The predicted octanol–water partition coefficient (Wildman–Crippen LogP) is -0.772. The van der Waals surface area contributed by atoms with Crippen molar-refractivity contribution in [2.45, 2.75) is 174 Å². The van der Waals surface area contributed by atoms with Crippen molar-refractivity contribution < 1.29 is 142 Å². The molecule has 3 aliphatic heterocycles. The number of carbonyl (C=O) groups excluding carboxylic acids is 11. The molecule has 0 radical (unpaired) electrons. The first kappa shape index (κ1) is 62.0. The normalized spacial score (nSPS) is 29.7. The van der Waals surface area contributed by atoms with E-state index in [0.717, 1.165) is 69.2 Å². The molecule has 0 saturated carbocycles. The molecule has 3 rings (SSSR count). The van der Waals surface area contributed by atoms with Crippen LogP contribution in [0.5, 0.6) is 0 Å². The number of ether oxygens (including phenoxy) is 16. The van der Waals surface area contributed by atoms with E-state index >= 15 is 0 Å². The SMILES string of the molecule is CC(=O)OCC1O[C@H](O[C@H]2C(COC(C)=O)O[C@@H](O[C@H]3C(OC(C)=O)C(OC(C)=O)[C@H](OCCCNC(=O)C(F)(F)F)O[C@H]3COC(C)=O)C(OC(C)=O)[C@H]2OC(C)=O)C(OC(C)=O)[C@@H](OC(C)=O)[C@H]1OC(C)=O. The van der Waals surface area contributed by atoms with Gasteiger partial charge in [0.2, 0.25) is 0 Å². The van der Waals surface area contributed by atoms with Gasteiger partial charge in [-0.25, -0.2) is 0 Å². The van der Waals surface area contributed by atoms with Crippen LogP contribution < -0.4 is 5.32 Å². The zero-order valence-electron chi connectivity index (χ0n) is 41.6. The van der Waals surface area contributed by atoms with E-state index < -0.39 is 197 Å². The van der Waals surface area contributed by atoms with Crippen LogP contribution in [0.25, 0.3) is 0 Å². The Kier molecular flexibility index (Phi) is 23.8. The zero-order valence-corrected chi connectivity index (χ0v) is 41.6. The van der Waals surface area contributed by atoms with Gasteiger partial charge in [-0.3, -0.25) is 52.7 Å². The van der Waals surface area contributed by atoms with Crippen LogP contribution >= 0.6 is 0 Å². The average molecular weight is 1080 g/mol. The van der Waals surface area contributed by atoms with Gasteiger partial charge in [-0.2, -0.15) is 13.2 Å². The zero-order chi connectivity index (χ0) is 55.8. The molecule has 31 heteroatoms. The number of alkyl halides is 3. The second-order valence-corrected chi connectivity index (χ2v) is 16.2. The largest absolute Gasteiger partial charge is 0.471 e. The lowest BCUT2D eigenvalue weighted by Crippen LogP contribution is -2.69. The molecule has 28 nitrogen and oxygen atoms in total. The molecule has 3 fully saturated rings. The van der Waals surface area contributed by atoms with Crippen LogP contribution in [0.15, 0.2) is 0 Å². The molecule has 15 atom stereocenters. The maximum atomic E-state index is 13.0. The summed E-state index contributed by atoms with van der Waals surface area (Å²) in [5, 5.41) is 1.64. The number of carbonyl (C=O) groups is 11. The Hall–Kier alpha value is -6.28. The van der Waals surface area contributed by atoms with E-state index in [-0.39, 0.29) is 6.42 Å². The fraction of sp³-hybridized carbons (Fsp3) is 0.744. The maximum Gasteiger partial charge on any atom is 0.471 e.